The van der Waals surface area contributed by atoms with Crippen molar-refractivity contribution in [2.24, 2.45) is 0 Å². The van der Waals surface area contributed by atoms with E-state index in [1.54, 1.807) is 0 Å². The van der Waals surface area contributed by atoms with Crippen LogP contribution in [0.1, 0.15) is 56.0 Å². The van der Waals surface area contributed by atoms with Crippen molar-refractivity contribution in [3.8, 4) is 0 Å². The molecule has 1 saturated carbocycles. The van der Waals surface area contributed by atoms with E-state index in [-0.39, 0.29) is 17.6 Å². The molecule has 0 radical (unpaired) electrons. The van der Waals surface area contributed by atoms with E-state index in [0.29, 0.717) is 6.54 Å². The Kier molecular flexibility index (Phi) is 4.52. The highest BCUT2D eigenvalue weighted by atomic mass is 16.2. The molecule has 0 unspecified atom stereocenters. The number of amides is 1. The van der Waals surface area contributed by atoms with E-state index in [4.69, 9.17) is 0 Å². The number of aromatic amines is 1. The molecule has 0 aliphatic heterocycles. The Hall–Kier alpha value is -1.43. The third-order valence-electron chi connectivity index (χ3n) is 3.41. The minimum atomic E-state index is -0.199. The Morgan fingerprint density at radius 2 is 2.26 bits per heavy atom. The number of nitrogens with one attached hydrogen (secondary N) is 2. The molecule has 1 fully saturated rings. The number of nitrogens with zero attached hydrogens (tertiary/aromatic N) is 3. The summed E-state index contributed by atoms with van der Waals surface area (Å²) in [6, 6.07) is 0.734. The number of hydrogen-bond acceptors (Lipinski definition) is 4. The van der Waals surface area contributed by atoms with Gasteiger partial charge in [0.15, 0.2) is 0 Å². The number of carbonyl (C=O) groups excluding carboxylic acids is 1. The monoisotopic (exact) mass is 265 g/mol. The van der Waals surface area contributed by atoms with Gasteiger partial charge in [0.2, 0.25) is 5.82 Å². The summed E-state index contributed by atoms with van der Waals surface area (Å²) in [5.74, 6) is 1.03. The first-order valence-corrected chi connectivity index (χ1v) is 7.06. The fraction of sp³-hybridized carbons (Fsp3) is 0.769. The number of hydrogen-bond donors (Lipinski definition) is 2. The van der Waals surface area contributed by atoms with Crippen molar-refractivity contribution in [1.29, 1.82) is 0 Å². The summed E-state index contributed by atoms with van der Waals surface area (Å²) < 4.78 is 0. The third kappa shape index (κ3) is 3.76. The summed E-state index contributed by atoms with van der Waals surface area (Å²) in [6.07, 6.45) is 2.58. The van der Waals surface area contributed by atoms with Gasteiger partial charge < -0.3 is 5.32 Å². The maximum Gasteiger partial charge on any atom is 0.291 e. The maximum absolute atomic E-state index is 11.9. The molecule has 1 aromatic rings. The largest absolute Gasteiger partial charge is 0.348 e. The van der Waals surface area contributed by atoms with E-state index in [1.807, 2.05) is 13.8 Å². The minimum Gasteiger partial charge on any atom is -0.348 e. The third-order valence-corrected chi connectivity index (χ3v) is 3.41. The molecule has 6 nitrogen and oxygen atoms in total. The maximum atomic E-state index is 11.9. The molecule has 106 valence electrons. The molecule has 0 bridgehead atoms. The summed E-state index contributed by atoms with van der Waals surface area (Å²) in [4.78, 5) is 18.4. The van der Waals surface area contributed by atoms with Crippen molar-refractivity contribution in [2.45, 2.75) is 45.6 Å². The summed E-state index contributed by atoms with van der Waals surface area (Å²) >= 11 is 0. The van der Waals surface area contributed by atoms with Crippen LogP contribution in [0.3, 0.4) is 0 Å². The van der Waals surface area contributed by atoms with Gasteiger partial charge in [-0.25, -0.2) is 4.98 Å². The van der Waals surface area contributed by atoms with Crippen LogP contribution in [0.15, 0.2) is 0 Å². The first kappa shape index (κ1) is 14.0. The fourth-order valence-corrected chi connectivity index (χ4v) is 2.06. The van der Waals surface area contributed by atoms with Gasteiger partial charge in [-0.3, -0.25) is 14.8 Å². The smallest absolute Gasteiger partial charge is 0.291 e. The van der Waals surface area contributed by atoms with Crippen molar-refractivity contribution in [3.63, 3.8) is 0 Å². The molecule has 1 amide bonds. The van der Waals surface area contributed by atoms with Gasteiger partial charge in [0.25, 0.3) is 5.91 Å². The van der Waals surface area contributed by atoms with Crippen LogP contribution in [0.25, 0.3) is 0 Å². The van der Waals surface area contributed by atoms with E-state index in [9.17, 15) is 4.79 Å². The van der Waals surface area contributed by atoms with Crippen LogP contribution in [0.2, 0.25) is 0 Å². The van der Waals surface area contributed by atoms with E-state index in [2.05, 4.69) is 32.3 Å². The predicted molar refractivity (Wildman–Crippen MR) is 73.1 cm³/mol. The average molecular weight is 265 g/mol. The second-order valence-electron chi connectivity index (χ2n) is 5.31. The normalized spacial score (nSPS) is 15.2. The molecule has 1 heterocycles. The summed E-state index contributed by atoms with van der Waals surface area (Å²) in [5, 5.41) is 9.61. The highest BCUT2D eigenvalue weighted by Gasteiger charge is 2.27. The highest BCUT2D eigenvalue weighted by molar-refractivity contribution is 5.90. The molecule has 6 heteroatoms. The van der Waals surface area contributed by atoms with Crippen molar-refractivity contribution < 1.29 is 4.79 Å². The molecule has 1 aliphatic rings. The molecule has 19 heavy (non-hydrogen) atoms. The molecule has 0 spiro atoms. The van der Waals surface area contributed by atoms with Gasteiger partial charge in [-0.05, 0) is 19.4 Å². The number of rotatable bonds is 7. The Labute approximate surface area is 114 Å². The van der Waals surface area contributed by atoms with Crippen LogP contribution in [-0.2, 0) is 0 Å². The van der Waals surface area contributed by atoms with Gasteiger partial charge in [-0.15, -0.1) is 5.10 Å². The lowest BCUT2D eigenvalue weighted by Crippen LogP contribution is -2.36. The molecule has 1 aliphatic carbocycles. The Balaban J connectivity index is 1.76. The van der Waals surface area contributed by atoms with Gasteiger partial charge in [-0.2, -0.15) is 0 Å². The number of likely N-dealkylation sites (N-methyl/N-ethyl adjacent to an activating group) is 1. The van der Waals surface area contributed by atoms with Crippen molar-refractivity contribution >= 4 is 5.91 Å². The van der Waals surface area contributed by atoms with Crippen LogP contribution in [-0.4, -0.2) is 51.7 Å². The molecular weight excluding hydrogens is 242 g/mol. The molecule has 0 aromatic carbocycles. The van der Waals surface area contributed by atoms with E-state index in [1.165, 1.54) is 12.8 Å². The average Bonchev–Trinajstić information content (AvgIpc) is 3.09. The molecule has 2 N–H and O–H groups in total. The van der Waals surface area contributed by atoms with Crippen LogP contribution >= 0.6 is 0 Å². The van der Waals surface area contributed by atoms with Gasteiger partial charge in [0.1, 0.15) is 5.82 Å². The Bertz CT molecular complexity index is 424. The minimum absolute atomic E-state index is 0.199. The number of aromatic nitrogens is 3. The van der Waals surface area contributed by atoms with Crippen molar-refractivity contribution in [1.82, 2.24) is 25.4 Å². The van der Waals surface area contributed by atoms with Crippen molar-refractivity contribution in [3.05, 3.63) is 11.6 Å². The lowest BCUT2D eigenvalue weighted by Gasteiger charge is -2.19. The zero-order chi connectivity index (χ0) is 13.8. The SMILES string of the molecule is CCN(CCNC(=O)c1n[nH]c(C(C)C)n1)C1CC1. The van der Waals surface area contributed by atoms with E-state index >= 15 is 0 Å². The zero-order valence-corrected chi connectivity index (χ0v) is 11.9. The van der Waals surface area contributed by atoms with Gasteiger partial charge >= 0.3 is 0 Å². The van der Waals surface area contributed by atoms with Gasteiger partial charge in [0, 0.05) is 25.0 Å². The second-order valence-corrected chi connectivity index (χ2v) is 5.31. The van der Waals surface area contributed by atoms with Crippen LogP contribution in [0, 0.1) is 0 Å². The molecular formula is C13H23N5O. The van der Waals surface area contributed by atoms with Crippen LogP contribution in [0.5, 0.6) is 0 Å². The molecule has 0 atom stereocenters. The number of carbonyl (C=O) groups is 1. The number of H-pyrrole nitrogens is 1. The molecule has 2 rings (SSSR count). The van der Waals surface area contributed by atoms with E-state index < -0.39 is 0 Å². The summed E-state index contributed by atoms with van der Waals surface area (Å²) in [5.41, 5.74) is 0. The predicted octanol–water partition coefficient (Wildman–Crippen LogP) is 1.14. The van der Waals surface area contributed by atoms with Gasteiger partial charge in [0.05, 0.1) is 0 Å². The standard InChI is InChI=1S/C13H23N5O/c1-4-18(10-5-6-10)8-7-14-13(19)12-15-11(9(2)3)16-17-12/h9-10H,4-8H2,1-3H3,(H,14,19)(H,15,16,17). The lowest BCUT2D eigenvalue weighted by atomic mass is 10.2. The topological polar surface area (TPSA) is 73.9 Å². The molecule has 0 saturated heterocycles. The summed E-state index contributed by atoms with van der Waals surface area (Å²) in [7, 11) is 0. The fourth-order valence-electron chi connectivity index (χ4n) is 2.06. The zero-order valence-electron chi connectivity index (χ0n) is 11.9. The highest BCUT2D eigenvalue weighted by Crippen LogP contribution is 2.25. The Morgan fingerprint density at radius 3 is 2.79 bits per heavy atom. The van der Waals surface area contributed by atoms with Gasteiger partial charge in [-0.1, -0.05) is 20.8 Å². The van der Waals surface area contributed by atoms with Crippen molar-refractivity contribution in [2.75, 3.05) is 19.6 Å². The first-order chi connectivity index (χ1) is 9.11. The molecule has 1 aromatic heterocycles. The lowest BCUT2D eigenvalue weighted by molar-refractivity contribution is 0.0938. The Morgan fingerprint density at radius 1 is 1.53 bits per heavy atom. The second kappa shape index (κ2) is 6.14. The summed E-state index contributed by atoms with van der Waals surface area (Å²) in [6.45, 7) is 8.76. The van der Waals surface area contributed by atoms with Crippen LogP contribution < -0.4 is 5.32 Å². The first-order valence-electron chi connectivity index (χ1n) is 7.06. The quantitative estimate of drug-likeness (QED) is 0.775. The van der Waals surface area contributed by atoms with E-state index in [0.717, 1.165) is 25.0 Å². The van der Waals surface area contributed by atoms with Crippen LogP contribution in [0.4, 0.5) is 0 Å².